The van der Waals surface area contributed by atoms with Crippen molar-refractivity contribution in [2.75, 3.05) is 11.4 Å². The SMILES string of the molecule is CCc1ncnc(N2CCCC2c2cccc(C)n2)c1F. The van der Waals surface area contributed by atoms with Crippen molar-refractivity contribution in [2.45, 2.75) is 39.2 Å². The fraction of sp³-hybridized carbons (Fsp3) is 0.438. The zero-order chi connectivity index (χ0) is 14.8. The van der Waals surface area contributed by atoms with Crippen LogP contribution >= 0.6 is 0 Å². The van der Waals surface area contributed by atoms with Crippen LogP contribution in [0.1, 0.15) is 42.9 Å². The van der Waals surface area contributed by atoms with Crippen molar-refractivity contribution in [1.29, 1.82) is 0 Å². The molecule has 0 amide bonds. The van der Waals surface area contributed by atoms with Gasteiger partial charge in [-0.05, 0) is 38.3 Å². The van der Waals surface area contributed by atoms with E-state index in [1.807, 2.05) is 36.9 Å². The van der Waals surface area contributed by atoms with E-state index in [0.717, 1.165) is 30.8 Å². The summed E-state index contributed by atoms with van der Waals surface area (Å²) in [6, 6.07) is 6.08. The van der Waals surface area contributed by atoms with Crippen molar-refractivity contribution in [3.8, 4) is 0 Å². The van der Waals surface area contributed by atoms with Crippen LogP contribution < -0.4 is 4.90 Å². The Bertz CT molecular complexity index is 644. The number of aryl methyl sites for hydroxylation is 2. The molecule has 3 rings (SSSR count). The van der Waals surface area contributed by atoms with E-state index in [1.165, 1.54) is 6.33 Å². The van der Waals surface area contributed by atoms with Gasteiger partial charge in [-0.1, -0.05) is 13.0 Å². The molecule has 1 fully saturated rings. The fourth-order valence-corrected chi connectivity index (χ4v) is 2.92. The van der Waals surface area contributed by atoms with Crippen molar-refractivity contribution in [2.24, 2.45) is 0 Å². The van der Waals surface area contributed by atoms with E-state index in [9.17, 15) is 4.39 Å². The first-order chi connectivity index (χ1) is 10.2. The van der Waals surface area contributed by atoms with Crippen molar-refractivity contribution in [3.05, 3.63) is 47.4 Å². The van der Waals surface area contributed by atoms with E-state index >= 15 is 0 Å². The highest BCUT2D eigenvalue weighted by Gasteiger charge is 2.30. The highest BCUT2D eigenvalue weighted by molar-refractivity contribution is 5.45. The van der Waals surface area contributed by atoms with Gasteiger partial charge in [-0.15, -0.1) is 0 Å². The maximum Gasteiger partial charge on any atom is 0.187 e. The second-order valence-corrected chi connectivity index (χ2v) is 5.37. The molecule has 0 aliphatic carbocycles. The van der Waals surface area contributed by atoms with Crippen LogP contribution in [0, 0.1) is 12.7 Å². The predicted molar refractivity (Wildman–Crippen MR) is 79.7 cm³/mol. The summed E-state index contributed by atoms with van der Waals surface area (Å²) in [5, 5.41) is 0. The number of hydrogen-bond donors (Lipinski definition) is 0. The zero-order valence-electron chi connectivity index (χ0n) is 12.4. The normalized spacial score (nSPS) is 18.2. The average molecular weight is 286 g/mol. The molecule has 1 aliphatic heterocycles. The molecular weight excluding hydrogens is 267 g/mol. The molecule has 1 atom stereocenters. The standard InChI is InChI=1S/C16H19FN4/c1-3-12-15(17)16(19-10-18-12)21-9-5-8-14(21)13-7-4-6-11(2)20-13/h4,6-7,10,14H,3,5,8-9H2,1-2H3. The lowest BCUT2D eigenvalue weighted by Crippen LogP contribution is -2.26. The fourth-order valence-electron chi connectivity index (χ4n) is 2.92. The van der Waals surface area contributed by atoms with Gasteiger partial charge in [-0.25, -0.2) is 14.4 Å². The quantitative estimate of drug-likeness (QED) is 0.868. The van der Waals surface area contributed by atoms with E-state index < -0.39 is 0 Å². The van der Waals surface area contributed by atoms with Crippen LogP contribution in [-0.4, -0.2) is 21.5 Å². The second-order valence-electron chi connectivity index (χ2n) is 5.37. The number of halogens is 1. The Balaban J connectivity index is 1.98. The van der Waals surface area contributed by atoms with Crippen molar-refractivity contribution < 1.29 is 4.39 Å². The van der Waals surface area contributed by atoms with Crippen molar-refractivity contribution in [1.82, 2.24) is 15.0 Å². The molecule has 1 aliphatic rings. The van der Waals surface area contributed by atoms with Crippen LogP contribution in [0.2, 0.25) is 0 Å². The molecule has 4 nitrogen and oxygen atoms in total. The van der Waals surface area contributed by atoms with Gasteiger partial charge in [0.25, 0.3) is 0 Å². The number of nitrogens with zero attached hydrogens (tertiary/aromatic N) is 4. The van der Waals surface area contributed by atoms with Gasteiger partial charge in [0.2, 0.25) is 0 Å². The van der Waals surface area contributed by atoms with Gasteiger partial charge in [-0.3, -0.25) is 4.98 Å². The number of aromatic nitrogens is 3. The smallest absolute Gasteiger partial charge is 0.187 e. The zero-order valence-corrected chi connectivity index (χ0v) is 12.4. The van der Waals surface area contributed by atoms with Gasteiger partial charge >= 0.3 is 0 Å². The molecule has 110 valence electrons. The minimum atomic E-state index is -0.292. The van der Waals surface area contributed by atoms with Crippen LogP contribution in [0.5, 0.6) is 0 Å². The second kappa shape index (κ2) is 5.76. The van der Waals surface area contributed by atoms with Crippen LogP contribution in [0.4, 0.5) is 10.2 Å². The molecule has 0 saturated carbocycles. The van der Waals surface area contributed by atoms with Gasteiger partial charge in [0.05, 0.1) is 17.4 Å². The van der Waals surface area contributed by atoms with E-state index in [4.69, 9.17) is 0 Å². The molecule has 3 heterocycles. The molecule has 21 heavy (non-hydrogen) atoms. The van der Waals surface area contributed by atoms with Crippen LogP contribution in [-0.2, 0) is 6.42 Å². The minimum absolute atomic E-state index is 0.0963. The Kier molecular flexibility index (Phi) is 3.82. The number of hydrogen-bond acceptors (Lipinski definition) is 4. The molecule has 0 radical (unpaired) electrons. The predicted octanol–water partition coefficient (Wildman–Crippen LogP) is 3.22. The Morgan fingerprint density at radius 2 is 2.19 bits per heavy atom. The minimum Gasteiger partial charge on any atom is -0.345 e. The Morgan fingerprint density at radius 1 is 1.33 bits per heavy atom. The molecule has 0 aromatic carbocycles. The van der Waals surface area contributed by atoms with Gasteiger partial charge in [0.15, 0.2) is 11.6 Å². The highest BCUT2D eigenvalue weighted by Crippen LogP contribution is 2.35. The first kappa shape index (κ1) is 13.9. The molecular formula is C16H19FN4. The van der Waals surface area contributed by atoms with E-state index in [1.54, 1.807) is 0 Å². The Labute approximate surface area is 124 Å². The first-order valence-electron chi connectivity index (χ1n) is 7.40. The Morgan fingerprint density at radius 3 is 2.95 bits per heavy atom. The van der Waals surface area contributed by atoms with Gasteiger partial charge in [0, 0.05) is 12.2 Å². The number of anilines is 1. The Hall–Kier alpha value is -2.04. The van der Waals surface area contributed by atoms with Gasteiger partial charge in [0.1, 0.15) is 6.33 Å². The van der Waals surface area contributed by atoms with E-state index in [2.05, 4.69) is 15.0 Å². The number of pyridine rings is 1. The van der Waals surface area contributed by atoms with Crippen molar-refractivity contribution in [3.63, 3.8) is 0 Å². The third-order valence-electron chi connectivity index (χ3n) is 3.95. The van der Waals surface area contributed by atoms with Crippen LogP contribution in [0.25, 0.3) is 0 Å². The molecule has 1 saturated heterocycles. The molecule has 0 bridgehead atoms. The third-order valence-corrected chi connectivity index (χ3v) is 3.95. The molecule has 2 aromatic rings. The summed E-state index contributed by atoms with van der Waals surface area (Å²) in [7, 11) is 0. The van der Waals surface area contributed by atoms with Crippen molar-refractivity contribution >= 4 is 5.82 Å². The highest BCUT2D eigenvalue weighted by atomic mass is 19.1. The largest absolute Gasteiger partial charge is 0.345 e. The van der Waals surface area contributed by atoms with E-state index in [-0.39, 0.29) is 11.9 Å². The molecule has 0 spiro atoms. The molecule has 5 heteroatoms. The summed E-state index contributed by atoms with van der Waals surface area (Å²) in [6.07, 6.45) is 4.02. The van der Waals surface area contributed by atoms with Gasteiger partial charge in [-0.2, -0.15) is 0 Å². The summed E-state index contributed by atoms with van der Waals surface area (Å²) in [5.41, 5.74) is 2.45. The summed E-state index contributed by atoms with van der Waals surface area (Å²) >= 11 is 0. The third kappa shape index (κ3) is 2.60. The lowest BCUT2D eigenvalue weighted by atomic mass is 10.1. The van der Waals surface area contributed by atoms with Crippen LogP contribution in [0.3, 0.4) is 0 Å². The first-order valence-corrected chi connectivity index (χ1v) is 7.40. The van der Waals surface area contributed by atoms with Gasteiger partial charge < -0.3 is 4.90 Å². The molecule has 2 aromatic heterocycles. The number of rotatable bonds is 3. The lowest BCUT2D eigenvalue weighted by Gasteiger charge is -2.26. The molecule has 1 unspecified atom stereocenters. The van der Waals surface area contributed by atoms with E-state index in [0.29, 0.717) is 17.9 Å². The maximum absolute atomic E-state index is 14.5. The summed E-state index contributed by atoms with van der Waals surface area (Å²) < 4.78 is 14.5. The summed E-state index contributed by atoms with van der Waals surface area (Å²) in [4.78, 5) is 14.8. The lowest BCUT2D eigenvalue weighted by molar-refractivity contribution is 0.575. The maximum atomic E-state index is 14.5. The average Bonchev–Trinajstić information content (AvgIpc) is 2.97. The summed E-state index contributed by atoms with van der Waals surface area (Å²) in [5.74, 6) is 0.118. The monoisotopic (exact) mass is 286 g/mol. The topological polar surface area (TPSA) is 41.9 Å². The van der Waals surface area contributed by atoms with Crippen LogP contribution in [0.15, 0.2) is 24.5 Å². The summed E-state index contributed by atoms with van der Waals surface area (Å²) in [6.45, 7) is 4.68. The molecule has 0 N–H and O–H groups in total.